The highest BCUT2D eigenvalue weighted by molar-refractivity contribution is 8.26. The normalized spacial score (nSPS) is 14.3. The highest BCUT2D eigenvalue weighted by atomic mass is 32.8. The van der Waals surface area contributed by atoms with Gasteiger partial charge in [0.1, 0.15) is 0 Å². The van der Waals surface area contributed by atoms with Gasteiger partial charge >= 0.3 is 0 Å². The minimum absolute atomic E-state index is 0.0321. The predicted octanol–water partition coefficient (Wildman–Crippen LogP) is 3.77. The van der Waals surface area contributed by atoms with Gasteiger partial charge in [-0.2, -0.15) is 0 Å². The van der Waals surface area contributed by atoms with Crippen molar-refractivity contribution in [3.05, 3.63) is 0 Å². The summed E-state index contributed by atoms with van der Waals surface area (Å²) in [5.41, 5.74) is -0.0321. The van der Waals surface area contributed by atoms with Crippen LogP contribution >= 0.6 is 0 Å². The van der Waals surface area contributed by atoms with E-state index in [-0.39, 0.29) is 15.3 Å². The van der Waals surface area contributed by atoms with E-state index in [9.17, 15) is 0 Å². The topological polar surface area (TPSA) is 9.23 Å². The average Bonchev–Trinajstić information content (AvgIpc) is 2.12. The molecule has 0 amide bonds. The molecule has 3 heteroatoms. The molecule has 0 spiro atoms. The third-order valence-electron chi connectivity index (χ3n) is 2.33. The van der Waals surface area contributed by atoms with Gasteiger partial charge in [-0.15, -0.1) is 0 Å². The van der Waals surface area contributed by atoms with Gasteiger partial charge < -0.3 is 4.18 Å². The maximum atomic E-state index is 5.81. The summed E-state index contributed by atoms with van der Waals surface area (Å²) in [6.45, 7) is 8.60. The summed E-state index contributed by atoms with van der Waals surface area (Å²) < 4.78 is 5.81. The lowest BCUT2D eigenvalue weighted by Crippen LogP contribution is -2.24. The molecule has 0 saturated carbocycles. The molecular weight excluding hydrogens is 212 g/mol. The molecule has 0 aromatic rings. The summed E-state index contributed by atoms with van der Waals surface area (Å²) in [5.74, 6) is 1.05. The first-order chi connectivity index (χ1) is 6.52. The van der Waals surface area contributed by atoms with Crippen LogP contribution in [0.3, 0.4) is 0 Å². The Kier molecular flexibility index (Phi) is 8.07. The van der Waals surface area contributed by atoms with E-state index in [0.29, 0.717) is 0 Å². The van der Waals surface area contributed by atoms with Crippen LogP contribution in [-0.2, 0) is 25.1 Å². The zero-order valence-corrected chi connectivity index (χ0v) is 11.6. The van der Waals surface area contributed by atoms with Gasteiger partial charge in [0.15, 0.2) is 0 Å². The van der Waals surface area contributed by atoms with E-state index < -0.39 is 0 Å². The molecule has 0 heterocycles. The molecule has 0 bridgehead atoms. The minimum Gasteiger partial charge on any atom is -0.306 e. The van der Waals surface area contributed by atoms with Gasteiger partial charge in [-0.25, -0.2) is 0 Å². The standard InChI is InChI=1S/C11H24OS2/c1-5-7-8-9-10-14(13)12-11(3,4)6-2/h5-10H2,1-4H3. The van der Waals surface area contributed by atoms with E-state index in [2.05, 4.69) is 27.7 Å². The van der Waals surface area contributed by atoms with Crippen LogP contribution in [0.25, 0.3) is 0 Å². The van der Waals surface area contributed by atoms with Crippen LogP contribution in [0.4, 0.5) is 0 Å². The van der Waals surface area contributed by atoms with Gasteiger partial charge in [-0.1, -0.05) is 33.1 Å². The monoisotopic (exact) mass is 236 g/mol. The van der Waals surface area contributed by atoms with Crippen LogP contribution in [-0.4, -0.2) is 11.4 Å². The molecule has 0 aromatic carbocycles. The quantitative estimate of drug-likeness (QED) is 0.593. The van der Waals surface area contributed by atoms with Gasteiger partial charge in [-0.3, -0.25) is 0 Å². The van der Waals surface area contributed by atoms with E-state index >= 15 is 0 Å². The van der Waals surface area contributed by atoms with Crippen molar-refractivity contribution in [2.45, 2.75) is 65.4 Å². The van der Waals surface area contributed by atoms with Crippen LogP contribution in [0, 0.1) is 0 Å². The highest BCUT2D eigenvalue weighted by Gasteiger charge is 2.17. The largest absolute Gasteiger partial charge is 0.306 e. The molecule has 1 nitrogen and oxygen atoms in total. The molecule has 0 fully saturated rings. The summed E-state index contributed by atoms with van der Waals surface area (Å²) in [6.07, 6.45) is 6.16. The highest BCUT2D eigenvalue weighted by Crippen LogP contribution is 2.16. The lowest BCUT2D eigenvalue weighted by Gasteiger charge is -2.23. The molecular formula is C11H24OS2. The van der Waals surface area contributed by atoms with Crippen LogP contribution in [0.2, 0.25) is 0 Å². The molecule has 0 radical (unpaired) electrons. The maximum Gasteiger partial charge on any atom is 0.0773 e. The van der Waals surface area contributed by atoms with Crippen LogP contribution in [0.1, 0.15) is 59.8 Å². The molecule has 0 rings (SSSR count). The molecule has 1 atom stereocenters. The van der Waals surface area contributed by atoms with E-state index in [1.165, 1.54) is 25.7 Å². The fourth-order valence-electron chi connectivity index (χ4n) is 0.999. The summed E-state index contributed by atoms with van der Waals surface area (Å²) in [7, 11) is -0.259. The molecule has 0 aliphatic rings. The first-order valence-electron chi connectivity index (χ1n) is 5.59. The summed E-state index contributed by atoms with van der Waals surface area (Å²) in [4.78, 5) is 0. The van der Waals surface area contributed by atoms with Crippen LogP contribution in [0.5, 0.6) is 0 Å². The summed E-state index contributed by atoms with van der Waals surface area (Å²) >= 11 is 5.31. The van der Waals surface area contributed by atoms with Crippen molar-refractivity contribution in [2.75, 3.05) is 5.75 Å². The van der Waals surface area contributed by atoms with Crippen LogP contribution < -0.4 is 0 Å². The van der Waals surface area contributed by atoms with Crippen molar-refractivity contribution < 1.29 is 4.18 Å². The van der Waals surface area contributed by atoms with Crippen LogP contribution in [0.15, 0.2) is 0 Å². The maximum absolute atomic E-state index is 5.81. The first kappa shape index (κ1) is 14.5. The average molecular weight is 236 g/mol. The molecule has 0 aliphatic heterocycles. The Balaban J connectivity index is 3.55. The van der Waals surface area contributed by atoms with Crippen molar-refractivity contribution in [3.8, 4) is 0 Å². The van der Waals surface area contributed by atoms with Gasteiger partial charge in [0.25, 0.3) is 0 Å². The SMILES string of the molecule is CCCCCCS(=S)OC(C)(C)CC. The van der Waals surface area contributed by atoms with E-state index in [0.717, 1.165) is 12.2 Å². The number of hydrogen-bond acceptors (Lipinski definition) is 2. The Labute approximate surface area is 96.4 Å². The molecule has 0 saturated heterocycles. The summed E-state index contributed by atoms with van der Waals surface area (Å²) in [5, 5.41) is 0. The van der Waals surface area contributed by atoms with Crippen molar-refractivity contribution in [3.63, 3.8) is 0 Å². The lowest BCUT2D eigenvalue weighted by molar-refractivity contribution is 0.133. The summed E-state index contributed by atoms with van der Waals surface area (Å²) in [6, 6.07) is 0. The van der Waals surface area contributed by atoms with Crippen molar-refractivity contribution >= 4 is 20.9 Å². The second-order valence-electron chi connectivity index (χ2n) is 4.27. The van der Waals surface area contributed by atoms with Crippen molar-refractivity contribution in [2.24, 2.45) is 0 Å². The Hall–Kier alpha value is 0.530. The van der Waals surface area contributed by atoms with Gasteiger partial charge in [0.2, 0.25) is 0 Å². The number of hydrogen-bond donors (Lipinski definition) is 0. The Morgan fingerprint density at radius 2 is 1.79 bits per heavy atom. The lowest BCUT2D eigenvalue weighted by atomic mass is 10.1. The zero-order valence-electron chi connectivity index (χ0n) is 9.97. The second kappa shape index (κ2) is 7.77. The predicted molar refractivity (Wildman–Crippen MR) is 69.2 cm³/mol. The molecule has 14 heavy (non-hydrogen) atoms. The fraction of sp³-hybridized carbons (Fsp3) is 1.00. The van der Waals surface area contributed by atoms with Gasteiger partial charge in [-0.05, 0) is 37.9 Å². The van der Waals surface area contributed by atoms with E-state index in [4.69, 9.17) is 15.4 Å². The van der Waals surface area contributed by atoms with Crippen molar-refractivity contribution in [1.82, 2.24) is 0 Å². The minimum atomic E-state index is -0.259. The van der Waals surface area contributed by atoms with E-state index in [1.807, 2.05) is 0 Å². The van der Waals surface area contributed by atoms with Gasteiger partial charge in [0.05, 0.1) is 5.60 Å². The molecule has 0 aromatic heterocycles. The van der Waals surface area contributed by atoms with Crippen molar-refractivity contribution in [1.29, 1.82) is 0 Å². The Bertz CT molecular complexity index is 167. The smallest absolute Gasteiger partial charge is 0.0773 e. The zero-order chi connectivity index (χ0) is 11.0. The Morgan fingerprint density at radius 1 is 1.14 bits per heavy atom. The third kappa shape index (κ3) is 7.89. The molecule has 0 aliphatic carbocycles. The van der Waals surface area contributed by atoms with E-state index in [1.54, 1.807) is 0 Å². The second-order valence-corrected chi connectivity index (χ2v) is 6.56. The molecule has 1 unspecified atom stereocenters. The van der Waals surface area contributed by atoms with Gasteiger partial charge in [0, 0.05) is 15.5 Å². The molecule has 86 valence electrons. The number of rotatable bonds is 8. The molecule has 0 N–H and O–H groups in total. The third-order valence-corrected chi connectivity index (χ3v) is 4.30. The Morgan fingerprint density at radius 3 is 2.29 bits per heavy atom. The fourth-order valence-corrected chi connectivity index (χ4v) is 3.05. The number of unbranched alkanes of at least 4 members (excludes halogenated alkanes) is 3. The first-order valence-corrected chi connectivity index (χ1v) is 7.84.